The van der Waals surface area contributed by atoms with Crippen LogP contribution in [0.5, 0.6) is 0 Å². The number of hydrogen-bond donors (Lipinski definition) is 3. The number of hydrogen-bond acceptors (Lipinski definition) is 9. The van der Waals surface area contributed by atoms with Crippen LogP contribution in [0.4, 0.5) is 11.4 Å². The molecule has 12 heteroatoms. The van der Waals surface area contributed by atoms with Crippen molar-refractivity contribution >= 4 is 40.2 Å². The van der Waals surface area contributed by atoms with Gasteiger partial charge in [0.25, 0.3) is 5.91 Å². The van der Waals surface area contributed by atoms with Crippen molar-refractivity contribution in [2.75, 3.05) is 16.8 Å². The number of H-pyrrole nitrogens is 1. The van der Waals surface area contributed by atoms with E-state index in [1.165, 1.54) is 23.9 Å². The number of anilines is 2. The number of carbonyl (C=O) groups excluding carboxylic acids is 1. The fourth-order valence-electron chi connectivity index (χ4n) is 5.47. The smallest absolute Gasteiger partial charge is 0.280 e. The number of amides is 1. The van der Waals surface area contributed by atoms with Crippen molar-refractivity contribution in [3.8, 4) is 11.5 Å². The molecule has 3 aromatic heterocycles. The van der Waals surface area contributed by atoms with Crippen molar-refractivity contribution in [2.45, 2.75) is 69.3 Å². The van der Waals surface area contributed by atoms with E-state index < -0.39 is 0 Å². The lowest BCUT2D eigenvalue weighted by atomic mass is 9.89. The Morgan fingerprint density at radius 3 is 2.89 bits per heavy atom. The highest BCUT2D eigenvalue weighted by Crippen LogP contribution is 2.42. The highest BCUT2D eigenvalue weighted by atomic mass is 35.5. The molecule has 6 rings (SSSR count). The SMILES string of the molecule is O=C(NC1CCCC(N2c3cc(-c4ncn[nH]4)ncc3NC2C2CCCCO2)C1)c1ncc(Cl)s1. The third-order valence-electron chi connectivity index (χ3n) is 7.03. The normalized spacial score (nSPS) is 26.3. The lowest BCUT2D eigenvalue weighted by molar-refractivity contribution is 0.00302. The standard InChI is InChI=1S/C23H27ClN8O2S/c24-19-11-26-23(35-19)22(33)29-13-4-3-5-14(8-13)32-17-9-15(20-27-12-28-31-20)25-10-16(17)30-21(32)18-6-1-2-7-34-18/h9-14,18,21,30H,1-8H2,(H,29,33)(H,27,28,31). The Morgan fingerprint density at radius 1 is 1.17 bits per heavy atom. The quantitative estimate of drug-likeness (QED) is 0.469. The third-order valence-corrected chi connectivity index (χ3v) is 8.15. The van der Waals surface area contributed by atoms with Crippen LogP contribution in [0, 0.1) is 0 Å². The van der Waals surface area contributed by atoms with Gasteiger partial charge in [0.2, 0.25) is 0 Å². The van der Waals surface area contributed by atoms with Gasteiger partial charge in [-0.25, -0.2) is 9.97 Å². The number of nitrogens with one attached hydrogen (secondary N) is 3. The van der Waals surface area contributed by atoms with Crippen LogP contribution in [-0.4, -0.2) is 62.0 Å². The summed E-state index contributed by atoms with van der Waals surface area (Å²) < 4.78 is 6.74. The molecule has 3 aliphatic rings. The van der Waals surface area contributed by atoms with Gasteiger partial charge in [-0.1, -0.05) is 22.9 Å². The Bertz CT molecular complexity index is 1180. The van der Waals surface area contributed by atoms with Gasteiger partial charge in [-0.05, 0) is 51.0 Å². The molecule has 1 amide bonds. The number of aromatic amines is 1. The lowest BCUT2D eigenvalue weighted by Crippen LogP contribution is -2.54. The minimum Gasteiger partial charge on any atom is -0.374 e. The van der Waals surface area contributed by atoms with Crippen LogP contribution in [0.15, 0.2) is 24.8 Å². The van der Waals surface area contributed by atoms with E-state index in [4.69, 9.17) is 16.3 Å². The number of halogens is 1. The number of fused-ring (bicyclic) bond motifs is 1. The summed E-state index contributed by atoms with van der Waals surface area (Å²) in [6.45, 7) is 0.786. The van der Waals surface area contributed by atoms with Crippen LogP contribution in [0.25, 0.3) is 11.5 Å². The maximum Gasteiger partial charge on any atom is 0.280 e. The Hall–Kier alpha value is -2.76. The number of thiazole rings is 1. The molecule has 0 aromatic carbocycles. The molecule has 10 nitrogen and oxygen atoms in total. The molecule has 1 aliphatic carbocycles. The first kappa shape index (κ1) is 22.7. The van der Waals surface area contributed by atoms with Crippen LogP contribution in [0.1, 0.15) is 54.7 Å². The van der Waals surface area contributed by atoms with Gasteiger partial charge in [0.15, 0.2) is 10.8 Å². The van der Waals surface area contributed by atoms with Gasteiger partial charge < -0.3 is 20.3 Å². The lowest BCUT2D eigenvalue weighted by Gasteiger charge is -2.43. The van der Waals surface area contributed by atoms with Crippen molar-refractivity contribution < 1.29 is 9.53 Å². The molecule has 4 unspecified atom stereocenters. The van der Waals surface area contributed by atoms with Gasteiger partial charge in [0, 0.05) is 18.7 Å². The fourth-order valence-corrected chi connectivity index (χ4v) is 6.29. The van der Waals surface area contributed by atoms with Crippen LogP contribution in [-0.2, 0) is 4.74 Å². The average Bonchev–Trinajstić information content (AvgIpc) is 3.64. The van der Waals surface area contributed by atoms with Gasteiger partial charge in [-0.2, -0.15) is 5.10 Å². The average molecular weight is 515 g/mol. The molecule has 1 saturated heterocycles. The van der Waals surface area contributed by atoms with E-state index in [-0.39, 0.29) is 30.3 Å². The van der Waals surface area contributed by atoms with Gasteiger partial charge in [0.1, 0.15) is 22.5 Å². The van der Waals surface area contributed by atoms with E-state index in [0.29, 0.717) is 15.2 Å². The van der Waals surface area contributed by atoms with Gasteiger partial charge in [-0.3, -0.25) is 14.9 Å². The topological polar surface area (TPSA) is 121 Å². The zero-order valence-electron chi connectivity index (χ0n) is 19.1. The first-order chi connectivity index (χ1) is 17.2. The zero-order chi connectivity index (χ0) is 23.8. The summed E-state index contributed by atoms with van der Waals surface area (Å²) in [7, 11) is 0. The fraction of sp³-hybridized carbons (Fsp3) is 0.522. The number of nitrogens with zero attached hydrogens (tertiary/aromatic N) is 5. The molecule has 0 radical (unpaired) electrons. The van der Waals surface area contributed by atoms with Crippen LogP contribution >= 0.6 is 22.9 Å². The first-order valence-corrected chi connectivity index (χ1v) is 13.3. The maximum absolute atomic E-state index is 12.7. The van der Waals surface area contributed by atoms with Crippen LogP contribution in [0.3, 0.4) is 0 Å². The predicted octanol–water partition coefficient (Wildman–Crippen LogP) is 3.84. The molecule has 35 heavy (non-hydrogen) atoms. The molecular formula is C23H27ClN8O2S. The summed E-state index contributed by atoms with van der Waals surface area (Å²) in [5, 5.41) is 14.2. The Balaban J connectivity index is 1.27. The van der Waals surface area contributed by atoms with E-state index in [0.717, 1.165) is 68.6 Å². The highest BCUT2D eigenvalue weighted by Gasteiger charge is 2.42. The van der Waals surface area contributed by atoms with Gasteiger partial charge in [0.05, 0.1) is 29.9 Å². The number of aromatic nitrogens is 5. The van der Waals surface area contributed by atoms with E-state index in [1.807, 2.05) is 6.20 Å². The molecule has 3 aromatic rings. The molecule has 0 spiro atoms. The summed E-state index contributed by atoms with van der Waals surface area (Å²) in [5.74, 6) is 0.484. The van der Waals surface area contributed by atoms with E-state index >= 15 is 0 Å². The second kappa shape index (κ2) is 9.71. The second-order valence-electron chi connectivity index (χ2n) is 9.28. The molecule has 0 bridgehead atoms. The number of ether oxygens (including phenoxy) is 1. The number of rotatable bonds is 5. The largest absolute Gasteiger partial charge is 0.374 e. The second-order valence-corrected chi connectivity index (χ2v) is 10.9. The summed E-state index contributed by atoms with van der Waals surface area (Å²) in [6, 6.07) is 2.38. The van der Waals surface area contributed by atoms with Crippen molar-refractivity contribution in [3.05, 3.63) is 34.1 Å². The Kier molecular flexibility index (Phi) is 6.29. The predicted molar refractivity (Wildman–Crippen MR) is 134 cm³/mol. The van der Waals surface area contributed by atoms with Gasteiger partial charge in [-0.15, -0.1) is 0 Å². The van der Waals surface area contributed by atoms with Crippen molar-refractivity contribution in [2.24, 2.45) is 0 Å². The highest BCUT2D eigenvalue weighted by molar-refractivity contribution is 7.17. The summed E-state index contributed by atoms with van der Waals surface area (Å²) >= 11 is 7.18. The monoisotopic (exact) mass is 514 g/mol. The minimum atomic E-state index is -0.156. The van der Waals surface area contributed by atoms with Crippen LogP contribution in [0.2, 0.25) is 4.34 Å². The molecule has 5 heterocycles. The molecule has 3 N–H and O–H groups in total. The third kappa shape index (κ3) is 4.60. The van der Waals surface area contributed by atoms with E-state index in [2.05, 4.69) is 46.7 Å². The first-order valence-electron chi connectivity index (χ1n) is 12.1. The zero-order valence-corrected chi connectivity index (χ0v) is 20.7. The van der Waals surface area contributed by atoms with Gasteiger partial charge >= 0.3 is 0 Å². The molecule has 1 saturated carbocycles. The molecule has 4 atom stereocenters. The van der Waals surface area contributed by atoms with Crippen molar-refractivity contribution in [1.82, 2.24) is 30.5 Å². The molecule has 2 fully saturated rings. The number of carbonyl (C=O) groups is 1. The van der Waals surface area contributed by atoms with Crippen molar-refractivity contribution in [1.29, 1.82) is 0 Å². The molecule has 2 aliphatic heterocycles. The summed E-state index contributed by atoms with van der Waals surface area (Å²) in [5.41, 5.74) is 2.84. The Morgan fingerprint density at radius 2 is 2.11 bits per heavy atom. The van der Waals surface area contributed by atoms with E-state index in [9.17, 15) is 4.79 Å². The van der Waals surface area contributed by atoms with Crippen LogP contribution < -0.4 is 15.5 Å². The molecular weight excluding hydrogens is 488 g/mol. The number of pyridine rings is 1. The van der Waals surface area contributed by atoms with Crippen molar-refractivity contribution in [3.63, 3.8) is 0 Å². The summed E-state index contributed by atoms with van der Waals surface area (Å²) in [6.07, 6.45) is 12.1. The summed E-state index contributed by atoms with van der Waals surface area (Å²) in [4.78, 5) is 28.2. The maximum atomic E-state index is 12.7. The molecule has 184 valence electrons. The Labute approximate surface area is 211 Å². The van der Waals surface area contributed by atoms with E-state index in [1.54, 1.807) is 0 Å². The minimum absolute atomic E-state index is 0.0225.